The van der Waals surface area contributed by atoms with Gasteiger partial charge >= 0.3 is 5.97 Å². The Balaban J connectivity index is 2.56. The Labute approximate surface area is 118 Å². The van der Waals surface area contributed by atoms with Gasteiger partial charge in [-0.1, -0.05) is 19.1 Å². The van der Waals surface area contributed by atoms with Crippen molar-refractivity contribution in [3.63, 3.8) is 0 Å². The predicted molar refractivity (Wildman–Crippen MR) is 75.7 cm³/mol. The maximum atomic E-state index is 12.0. The molecule has 0 heterocycles. The fourth-order valence-corrected chi connectivity index (χ4v) is 1.77. The van der Waals surface area contributed by atoms with Crippen LogP contribution in [0.1, 0.15) is 32.3 Å². The van der Waals surface area contributed by atoms with Crippen molar-refractivity contribution >= 4 is 11.9 Å². The number of carbonyl (C=O) groups is 2. The van der Waals surface area contributed by atoms with Crippen LogP contribution in [0.2, 0.25) is 0 Å². The molecule has 0 fully saturated rings. The zero-order chi connectivity index (χ0) is 15.1. The number of aliphatic carboxylic acids is 1. The van der Waals surface area contributed by atoms with Crippen LogP contribution < -0.4 is 10.1 Å². The molecule has 0 radical (unpaired) electrons. The van der Waals surface area contributed by atoms with Crippen molar-refractivity contribution in [1.29, 1.82) is 0 Å². The molecule has 0 bridgehead atoms. The molecule has 0 aromatic heterocycles. The second kappa shape index (κ2) is 7.53. The Hall–Kier alpha value is -2.04. The Morgan fingerprint density at radius 2 is 2.10 bits per heavy atom. The lowest BCUT2D eigenvalue weighted by molar-refractivity contribution is -0.138. The number of hydrogen-bond acceptors (Lipinski definition) is 3. The largest absolute Gasteiger partial charge is 0.481 e. The lowest BCUT2D eigenvalue weighted by atomic mass is 10.1. The van der Waals surface area contributed by atoms with Crippen LogP contribution in [0.3, 0.4) is 0 Å². The highest BCUT2D eigenvalue weighted by Crippen LogP contribution is 2.14. The molecule has 5 heteroatoms. The van der Waals surface area contributed by atoms with Gasteiger partial charge in [-0.2, -0.15) is 0 Å². The maximum Gasteiger partial charge on any atom is 0.305 e. The van der Waals surface area contributed by atoms with Gasteiger partial charge in [-0.25, -0.2) is 0 Å². The lowest BCUT2D eigenvalue weighted by Gasteiger charge is -2.19. The predicted octanol–water partition coefficient (Wildman–Crippen LogP) is 2.13. The third kappa shape index (κ3) is 5.30. The molecular weight excluding hydrogens is 258 g/mol. The van der Waals surface area contributed by atoms with E-state index < -0.39 is 12.1 Å². The van der Waals surface area contributed by atoms with E-state index >= 15 is 0 Å². The van der Waals surface area contributed by atoms with Crippen molar-refractivity contribution in [3.05, 3.63) is 29.8 Å². The summed E-state index contributed by atoms with van der Waals surface area (Å²) in [6, 6.07) is 7.05. The lowest BCUT2D eigenvalue weighted by Crippen LogP contribution is -2.43. The van der Waals surface area contributed by atoms with E-state index in [4.69, 9.17) is 9.84 Å². The number of benzene rings is 1. The molecule has 110 valence electrons. The van der Waals surface area contributed by atoms with Crippen LogP contribution in [0.5, 0.6) is 5.75 Å². The molecule has 0 aliphatic rings. The Morgan fingerprint density at radius 3 is 2.65 bits per heavy atom. The van der Waals surface area contributed by atoms with Gasteiger partial charge in [0.1, 0.15) is 5.75 Å². The summed E-state index contributed by atoms with van der Waals surface area (Å²) in [5.74, 6) is -0.608. The Kier molecular flexibility index (Phi) is 6.03. The first kappa shape index (κ1) is 16.0. The number of aryl methyl sites for hydroxylation is 1. The van der Waals surface area contributed by atoms with E-state index in [0.717, 1.165) is 5.56 Å². The second-order valence-corrected chi connectivity index (χ2v) is 4.79. The van der Waals surface area contributed by atoms with Gasteiger partial charge in [0.25, 0.3) is 5.91 Å². The second-order valence-electron chi connectivity index (χ2n) is 4.79. The van der Waals surface area contributed by atoms with Gasteiger partial charge in [0.15, 0.2) is 6.10 Å². The van der Waals surface area contributed by atoms with Gasteiger partial charge in [0.05, 0.1) is 6.42 Å². The minimum absolute atomic E-state index is 0.0839. The van der Waals surface area contributed by atoms with Gasteiger partial charge in [-0.05, 0) is 38.0 Å². The summed E-state index contributed by atoms with van der Waals surface area (Å²) in [4.78, 5) is 22.6. The molecule has 20 heavy (non-hydrogen) atoms. The van der Waals surface area contributed by atoms with E-state index in [0.29, 0.717) is 12.2 Å². The number of hydrogen-bond donors (Lipinski definition) is 2. The van der Waals surface area contributed by atoms with Crippen LogP contribution in [0.15, 0.2) is 24.3 Å². The molecule has 0 saturated heterocycles. The molecule has 1 rings (SSSR count). The van der Waals surface area contributed by atoms with E-state index in [1.54, 1.807) is 13.0 Å². The molecular formula is C15H21NO4. The first-order valence-electron chi connectivity index (χ1n) is 6.67. The number of carboxylic acid groups (broad SMARTS) is 1. The van der Waals surface area contributed by atoms with Gasteiger partial charge in [0, 0.05) is 6.04 Å². The van der Waals surface area contributed by atoms with Crippen LogP contribution in [0.4, 0.5) is 0 Å². The average Bonchev–Trinajstić information content (AvgIpc) is 2.37. The minimum atomic E-state index is -0.926. The number of amides is 1. The Morgan fingerprint density at radius 1 is 1.40 bits per heavy atom. The fourth-order valence-electron chi connectivity index (χ4n) is 1.77. The molecule has 1 aromatic carbocycles. The summed E-state index contributed by atoms with van der Waals surface area (Å²) in [7, 11) is 0. The van der Waals surface area contributed by atoms with E-state index in [9.17, 15) is 9.59 Å². The van der Waals surface area contributed by atoms with Gasteiger partial charge in [-0.3, -0.25) is 9.59 Å². The summed E-state index contributed by atoms with van der Waals surface area (Å²) in [5.41, 5.74) is 1.05. The zero-order valence-electron chi connectivity index (χ0n) is 12.1. The van der Waals surface area contributed by atoms with Crippen molar-refractivity contribution in [2.75, 3.05) is 0 Å². The summed E-state index contributed by atoms with van der Waals surface area (Å²) in [6.45, 7) is 5.42. The molecule has 0 aliphatic heterocycles. The smallest absolute Gasteiger partial charge is 0.305 e. The molecule has 0 saturated carbocycles. The highest BCUT2D eigenvalue weighted by molar-refractivity contribution is 5.81. The SMILES string of the molecule is CCC(CC(=O)O)NC(=O)C(C)Oc1cccc(C)c1. The summed E-state index contributed by atoms with van der Waals surface area (Å²) < 4.78 is 5.55. The number of nitrogens with one attached hydrogen (secondary N) is 1. The standard InChI is InChI=1S/C15H21NO4/c1-4-12(9-14(17)18)16-15(19)11(3)20-13-7-5-6-10(2)8-13/h5-8,11-12H,4,9H2,1-3H3,(H,16,19)(H,17,18). The van der Waals surface area contributed by atoms with Crippen molar-refractivity contribution < 1.29 is 19.4 Å². The number of carbonyl (C=O) groups excluding carboxylic acids is 1. The minimum Gasteiger partial charge on any atom is -0.481 e. The molecule has 5 nitrogen and oxygen atoms in total. The van der Waals surface area contributed by atoms with Crippen molar-refractivity contribution in [2.24, 2.45) is 0 Å². The average molecular weight is 279 g/mol. The van der Waals surface area contributed by atoms with E-state index in [1.165, 1.54) is 0 Å². The molecule has 0 aliphatic carbocycles. The molecule has 2 atom stereocenters. The monoisotopic (exact) mass is 279 g/mol. The van der Waals surface area contributed by atoms with Crippen molar-refractivity contribution in [3.8, 4) is 5.75 Å². The van der Waals surface area contributed by atoms with E-state index in [1.807, 2.05) is 32.0 Å². The molecule has 1 aromatic rings. The number of ether oxygens (including phenoxy) is 1. The van der Waals surface area contributed by atoms with Crippen LogP contribution in [0.25, 0.3) is 0 Å². The number of carboxylic acids is 1. The summed E-state index contributed by atoms with van der Waals surface area (Å²) in [6.07, 6.45) is -0.186. The molecule has 2 N–H and O–H groups in total. The quantitative estimate of drug-likeness (QED) is 0.801. The molecule has 0 spiro atoms. The van der Waals surface area contributed by atoms with Gasteiger partial charge < -0.3 is 15.2 Å². The molecule has 1 amide bonds. The Bertz CT molecular complexity index is 473. The number of rotatable bonds is 7. The third-order valence-electron chi connectivity index (χ3n) is 2.93. The van der Waals surface area contributed by atoms with Gasteiger partial charge in [0.2, 0.25) is 0 Å². The normalized spacial score (nSPS) is 13.3. The maximum absolute atomic E-state index is 12.0. The van der Waals surface area contributed by atoms with E-state index in [2.05, 4.69) is 5.32 Å². The first-order chi connectivity index (χ1) is 9.42. The highest BCUT2D eigenvalue weighted by Gasteiger charge is 2.19. The zero-order valence-corrected chi connectivity index (χ0v) is 12.1. The first-order valence-corrected chi connectivity index (χ1v) is 6.67. The van der Waals surface area contributed by atoms with Crippen molar-refractivity contribution in [1.82, 2.24) is 5.32 Å². The highest BCUT2D eigenvalue weighted by atomic mass is 16.5. The third-order valence-corrected chi connectivity index (χ3v) is 2.93. The van der Waals surface area contributed by atoms with Crippen LogP contribution in [-0.2, 0) is 9.59 Å². The van der Waals surface area contributed by atoms with Crippen LogP contribution >= 0.6 is 0 Å². The van der Waals surface area contributed by atoms with Gasteiger partial charge in [-0.15, -0.1) is 0 Å². The van der Waals surface area contributed by atoms with Crippen LogP contribution in [-0.4, -0.2) is 29.1 Å². The van der Waals surface area contributed by atoms with E-state index in [-0.39, 0.29) is 18.4 Å². The summed E-state index contributed by atoms with van der Waals surface area (Å²) >= 11 is 0. The van der Waals surface area contributed by atoms with Crippen molar-refractivity contribution in [2.45, 2.75) is 45.8 Å². The molecule has 2 unspecified atom stereocenters. The fraction of sp³-hybridized carbons (Fsp3) is 0.467. The summed E-state index contributed by atoms with van der Waals surface area (Å²) in [5, 5.41) is 11.4. The van der Waals surface area contributed by atoms with Crippen LogP contribution in [0, 0.1) is 6.92 Å². The topological polar surface area (TPSA) is 75.6 Å².